The van der Waals surface area contributed by atoms with Crippen molar-refractivity contribution in [3.63, 3.8) is 0 Å². The Bertz CT molecular complexity index is 542. The number of nitrogens with two attached hydrogens (primary N) is 1. The molecule has 1 amide bonds. The second-order valence-corrected chi connectivity index (χ2v) is 3.90. The van der Waals surface area contributed by atoms with Crippen LogP contribution in [0.3, 0.4) is 0 Å². The normalized spacial score (nSPS) is 10.9. The molecule has 16 heavy (non-hydrogen) atoms. The molecule has 4 nitrogen and oxygen atoms in total. The van der Waals surface area contributed by atoms with E-state index in [1.807, 2.05) is 29.7 Å². The summed E-state index contributed by atoms with van der Waals surface area (Å²) < 4.78 is 1.96. The van der Waals surface area contributed by atoms with Crippen molar-refractivity contribution in [3.05, 3.63) is 35.4 Å². The molecule has 0 aliphatic heterocycles. The lowest BCUT2D eigenvalue weighted by molar-refractivity contribution is 0.0997. The fraction of sp³-hybridized carbons (Fsp3) is 0.333. The van der Waals surface area contributed by atoms with Gasteiger partial charge in [-0.25, -0.2) is 4.98 Å². The van der Waals surface area contributed by atoms with Crippen LogP contribution in [0.5, 0.6) is 0 Å². The van der Waals surface area contributed by atoms with Crippen molar-refractivity contribution < 1.29 is 4.79 Å². The minimum absolute atomic E-state index is 0.376. The summed E-state index contributed by atoms with van der Waals surface area (Å²) in [4.78, 5) is 15.7. The van der Waals surface area contributed by atoms with Gasteiger partial charge in [-0.05, 0) is 25.0 Å². The van der Waals surface area contributed by atoms with Crippen LogP contribution in [0.1, 0.15) is 35.2 Å². The monoisotopic (exact) mass is 217 g/mol. The topological polar surface area (TPSA) is 60.4 Å². The number of primary amides is 1. The molecule has 0 saturated heterocycles. The molecule has 0 saturated carbocycles. The van der Waals surface area contributed by atoms with Gasteiger partial charge in [0.25, 0.3) is 5.91 Å². The van der Waals surface area contributed by atoms with Gasteiger partial charge in [0.2, 0.25) is 0 Å². The zero-order chi connectivity index (χ0) is 11.7. The van der Waals surface area contributed by atoms with E-state index in [1.54, 1.807) is 0 Å². The SMILES string of the molecule is CCCc1nc(C(N)=O)c2c(C)cccn12. The molecule has 2 rings (SSSR count). The quantitative estimate of drug-likeness (QED) is 0.850. The lowest BCUT2D eigenvalue weighted by Gasteiger charge is -2.01. The van der Waals surface area contributed by atoms with Gasteiger partial charge in [0.1, 0.15) is 5.82 Å². The lowest BCUT2D eigenvalue weighted by atomic mass is 10.2. The van der Waals surface area contributed by atoms with E-state index in [-0.39, 0.29) is 0 Å². The number of rotatable bonds is 3. The highest BCUT2D eigenvalue weighted by atomic mass is 16.1. The summed E-state index contributed by atoms with van der Waals surface area (Å²) in [5.41, 5.74) is 7.57. The number of carbonyl (C=O) groups is 1. The van der Waals surface area contributed by atoms with Crippen LogP contribution in [0.25, 0.3) is 5.52 Å². The Morgan fingerprint density at radius 2 is 2.31 bits per heavy atom. The summed E-state index contributed by atoms with van der Waals surface area (Å²) in [6.07, 6.45) is 3.76. The first-order chi connectivity index (χ1) is 7.65. The van der Waals surface area contributed by atoms with Crippen molar-refractivity contribution in [2.24, 2.45) is 5.73 Å². The van der Waals surface area contributed by atoms with Crippen LogP contribution < -0.4 is 5.73 Å². The predicted octanol–water partition coefficient (Wildman–Crippen LogP) is 1.69. The van der Waals surface area contributed by atoms with Gasteiger partial charge >= 0.3 is 0 Å². The zero-order valence-corrected chi connectivity index (χ0v) is 9.53. The molecule has 84 valence electrons. The summed E-state index contributed by atoms with van der Waals surface area (Å²) in [5.74, 6) is 0.434. The first kappa shape index (κ1) is 10.7. The molecule has 0 unspecified atom stereocenters. The fourth-order valence-electron chi connectivity index (χ4n) is 1.94. The van der Waals surface area contributed by atoms with Crippen molar-refractivity contribution in [3.8, 4) is 0 Å². The zero-order valence-electron chi connectivity index (χ0n) is 9.53. The predicted molar refractivity (Wildman–Crippen MR) is 62.4 cm³/mol. The first-order valence-electron chi connectivity index (χ1n) is 5.41. The van der Waals surface area contributed by atoms with E-state index >= 15 is 0 Å². The minimum Gasteiger partial charge on any atom is -0.364 e. The maximum atomic E-state index is 11.3. The van der Waals surface area contributed by atoms with Crippen LogP contribution >= 0.6 is 0 Å². The maximum absolute atomic E-state index is 11.3. The molecule has 0 atom stereocenters. The number of amides is 1. The third kappa shape index (κ3) is 1.56. The van der Waals surface area contributed by atoms with E-state index in [2.05, 4.69) is 11.9 Å². The van der Waals surface area contributed by atoms with Crippen LogP contribution in [-0.2, 0) is 6.42 Å². The summed E-state index contributed by atoms with van der Waals surface area (Å²) in [7, 11) is 0. The molecule has 0 aliphatic rings. The molecule has 2 N–H and O–H groups in total. The van der Waals surface area contributed by atoms with E-state index in [0.717, 1.165) is 29.7 Å². The van der Waals surface area contributed by atoms with Gasteiger partial charge in [-0.15, -0.1) is 0 Å². The van der Waals surface area contributed by atoms with Crippen LogP contribution in [0, 0.1) is 6.92 Å². The molecular formula is C12H15N3O. The summed E-state index contributed by atoms with van der Waals surface area (Å²) in [6, 6.07) is 3.91. The molecule has 2 aromatic heterocycles. The number of hydrogen-bond acceptors (Lipinski definition) is 2. The number of nitrogens with zero attached hydrogens (tertiary/aromatic N) is 2. The van der Waals surface area contributed by atoms with E-state index in [9.17, 15) is 4.79 Å². The van der Waals surface area contributed by atoms with Crippen LogP contribution in [0.4, 0.5) is 0 Å². The smallest absolute Gasteiger partial charge is 0.269 e. The van der Waals surface area contributed by atoms with Crippen molar-refractivity contribution in [1.29, 1.82) is 0 Å². The standard InChI is InChI=1S/C12H15N3O/c1-3-5-9-14-10(12(13)16)11-8(2)6-4-7-15(9)11/h4,6-7H,3,5H2,1-2H3,(H2,13,16). The summed E-state index contributed by atoms with van der Waals surface area (Å²) >= 11 is 0. The third-order valence-corrected chi connectivity index (χ3v) is 2.65. The Labute approximate surface area is 94.1 Å². The minimum atomic E-state index is -0.464. The van der Waals surface area contributed by atoms with E-state index in [1.165, 1.54) is 0 Å². The maximum Gasteiger partial charge on any atom is 0.269 e. The number of hydrogen-bond donors (Lipinski definition) is 1. The highest BCUT2D eigenvalue weighted by Crippen LogP contribution is 2.17. The molecule has 2 heterocycles. The lowest BCUT2D eigenvalue weighted by Crippen LogP contribution is -2.12. The second kappa shape index (κ2) is 3.96. The Hall–Kier alpha value is -1.84. The molecule has 0 aliphatic carbocycles. The molecule has 0 fully saturated rings. The third-order valence-electron chi connectivity index (χ3n) is 2.65. The van der Waals surface area contributed by atoms with Gasteiger partial charge < -0.3 is 10.1 Å². The van der Waals surface area contributed by atoms with Crippen molar-refractivity contribution in [2.45, 2.75) is 26.7 Å². The van der Waals surface area contributed by atoms with Crippen LogP contribution in [0.15, 0.2) is 18.3 Å². The average Bonchev–Trinajstić information content (AvgIpc) is 2.60. The first-order valence-corrected chi connectivity index (χ1v) is 5.41. The fourth-order valence-corrected chi connectivity index (χ4v) is 1.94. The number of imidazole rings is 1. The summed E-state index contributed by atoms with van der Waals surface area (Å²) in [5, 5.41) is 0. The van der Waals surface area contributed by atoms with Crippen molar-refractivity contribution in [2.75, 3.05) is 0 Å². The molecule has 0 bridgehead atoms. The van der Waals surface area contributed by atoms with Gasteiger partial charge in [-0.2, -0.15) is 0 Å². The number of aromatic nitrogens is 2. The van der Waals surface area contributed by atoms with Gasteiger partial charge in [0.05, 0.1) is 5.52 Å². The van der Waals surface area contributed by atoms with Gasteiger partial charge in [0, 0.05) is 12.6 Å². The van der Waals surface area contributed by atoms with Crippen LogP contribution in [-0.4, -0.2) is 15.3 Å². The molecule has 4 heteroatoms. The van der Waals surface area contributed by atoms with Gasteiger partial charge in [-0.1, -0.05) is 13.0 Å². The second-order valence-electron chi connectivity index (χ2n) is 3.90. The van der Waals surface area contributed by atoms with Gasteiger partial charge in [0.15, 0.2) is 5.69 Å². The molecule has 2 aromatic rings. The van der Waals surface area contributed by atoms with E-state index < -0.39 is 5.91 Å². The van der Waals surface area contributed by atoms with Crippen LogP contribution in [0.2, 0.25) is 0 Å². The molecule has 0 aromatic carbocycles. The number of carbonyl (C=O) groups excluding carboxylic acids is 1. The Morgan fingerprint density at radius 1 is 1.56 bits per heavy atom. The Morgan fingerprint density at radius 3 is 2.94 bits per heavy atom. The highest BCUT2D eigenvalue weighted by Gasteiger charge is 2.15. The molecule has 0 radical (unpaired) electrons. The van der Waals surface area contributed by atoms with Crippen molar-refractivity contribution >= 4 is 11.4 Å². The van der Waals surface area contributed by atoms with E-state index in [0.29, 0.717) is 5.69 Å². The van der Waals surface area contributed by atoms with Gasteiger partial charge in [-0.3, -0.25) is 4.79 Å². The number of aryl methyl sites for hydroxylation is 2. The Kier molecular flexibility index (Phi) is 2.64. The largest absolute Gasteiger partial charge is 0.364 e. The Balaban J connectivity index is 2.76. The van der Waals surface area contributed by atoms with E-state index in [4.69, 9.17) is 5.73 Å². The highest BCUT2D eigenvalue weighted by molar-refractivity contribution is 5.98. The molecular weight excluding hydrogens is 202 g/mol. The van der Waals surface area contributed by atoms with Crippen molar-refractivity contribution in [1.82, 2.24) is 9.38 Å². The molecule has 0 spiro atoms. The summed E-state index contributed by atoms with van der Waals surface area (Å²) in [6.45, 7) is 4.04. The number of pyridine rings is 1. The number of fused-ring (bicyclic) bond motifs is 1. The average molecular weight is 217 g/mol.